The van der Waals surface area contributed by atoms with E-state index < -0.39 is 22.3 Å². The molecule has 1 aromatic heterocycles. The standard InChI is InChI=1S/C19H14F2N4O4/c20-12-1-4-14(5-2-12)22-11-19(26)24-23-10-15-6-8-18(29-15)16-7-3-13(21)9-17(16)25(27)28/h1-10,22H,11H2,(H,24,26). The summed E-state index contributed by atoms with van der Waals surface area (Å²) in [5, 5.41) is 17.6. The first-order valence-electron chi connectivity index (χ1n) is 8.28. The van der Waals surface area contributed by atoms with E-state index in [9.17, 15) is 23.7 Å². The minimum absolute atomic E-state index is 0.0891. The fourth-order valence-electron chi connectivity index (χ4n) is 2.39. The van der Waals surface area contributed by atoms with Crippen LogP contribution in [0.4, 0.5) is 20.2 Å². The Balaban J connectivity index is 1.59. The Hall–Kier alpha value is -4.08. The molecule has 2 N–H and O–H groups in total. The minimum Gasteiger partial charge on any atom is -0.455 e. The van der Waals surface area contributed by atoms with E-state index in [-0.39, 0.29) is 29.4 Å². The van der Waals surface area contributed by atoms with Crippen molar-refractivity contribution >= 4 is 23.5 Å². The zero-order chi connectivity index (χ0) is 20.8. The van der Waals surface area contributed by atoms with Crippen molar-refractivity contribution in [3.8, 4) is 11.3 Å². The first-order chi connectivity index (χ1) is 13.9. The van der Waals surface area contributed by atoms with Crippen molar-refractivity contribution < 1.29 is 22.9 Å². The Morgan fingerprint density at radius 3 is 2.55 bits per heavy atom. The number of rotatable bonds is 7. The van der Waals surface area contributed by atoms with Gasteiger partial charge in [-0.15, -0.1) is 0 Å². The molecule has 3 aromatic rings. The predicted molar refractivity (Wildman–Crippen MR) is 101 cm³/mol. The lowest BCUT2D eigenvalue weighted by Gasteiger charge is -2.04. The highest BCUT2D eigenvalue weighted by Gasteiger charge is 2.19. The summed E-state index contributed by atoms with van der Waals surface area (Å²) >= 11 is 0. The number of hydrazone groups is 1. The van der Waals surface area contributed by atoms with Gasteiger partial charge in [0.2, 0.25) is 0 Å². The molecule has 0 fully saturated rings. The molecule has 0 aliphatic rings. The first-order valence-corrected chi connectivity index (χ1v) is 8.28. The van der Waals surface area contributed by atoms with Crippen LogP contribution in [0.2, 0.25) is 0 Å². The van der Waals surface area contributed by atoms with E-state index >= 15 is 0 Å². The van der Waals surface area contributed by atoms with Gasteiger partial charge in [-0.2, -0.15) is 5.10 Å². The SMILES string of the molecule is O=C(CNc1ccc(F)cc1)NN=Cc1ccc(-c2ccc(F)cc2[N+](=O)[O-])o1. The highest BCUT2D eigenvalue weighted by molar-refractivity contribution is 5.83. The summed E-state index contributed by atoms with van der Waals surface area (Å²) in [5.74, 6) is -1.18. The number of nitro groups is 1. The number of amides is 1. The molecule has 0 radical (unpaired) electrons. The number of hydrogen-bond donors (Lipinski definition) is 2. The van der Waals surface area contributed by atoms with Gasteiger partial charge in [0.25, 0.3) is 11.6 Å². The van der Waals surface area contributed by atoms with Crippen LogP contribution in [0.25, 0.3) is 11.3 Å². The highest BCUT2D eigenvalue weighted by atomic mass is 19.1. The second-order valence-electron chi connectivity index (χ2n) is 5.77. The van der Waals surface area contributed by atoms with E-state index in [1.54, 1.807) is 0 Å². The molecule has 0 saturated carbocycles. The molecule has 0 saturated heterocycles. The monoisotopic (exact) mass is 400 g/mol. The van der Waals surface area contributed by atoms with Crippen LogP contribution in [-0.2, 0) is 4.79 Å². The zero-order valence-electron chi connectivity index (χ0n) is 14.8. The van der Waals surface area contributed by atoms with Crippen LogP contribution in [0.5, 0.6) is 0 Å². The molecule has 148 valence electrons. The summed E-state index contributed by atoms with van der Waals surface area (Å²) in [6.07, 6.45) is 1.22. The maximum absolute atomic E-state index is 13.2. The Bertz CT molecular complexity index is 1060. The van der Waals surface area contributed by atoms with Crippen LogP contribution >= 0.6 is 0 Å². The third-order valence-electron chi connectivity index (χ3n) is 3.73. The molecule has 10 heteroatoms. The van der Waals surface area contributed by atoms with Gasteiger partial charge in [-0.25, -0.2) is 14.2 Å². The second kappa shape index (κ2) is 8.74. The molecular formula is C19H14F2N4O4. The molecule has 29 heavy (non-hydrogen) atoms. The highest BCUT2D eigenvalue weighted by Crippen LogP contribution is 2.31. The number of nitrogens with one attached hydrogen (secondary N) is 2. The van der Waals surface area contributed by atoms with Crippen LogP contribution < -0.4 is 10.7 Å². The number of carbonyl (C=O) groups is 1. The van der Waals surface area contributed by atoms with Crippen molar-refractivity contribution in [3.63, 3.8) is 0 Å². The molecule has 2 aromatic carbocycles. The van der Waals surface area contributed by atoms with Crippen molar-refractivity contribution in [2.75, 3.05) is 11.9 Å². The number of nitrogens with zero attached hydrogens (tertiary/aromatic N) is 2. The average molecular weight is 400 g/mol. The lowest BCUT2D eigenvalue weighted by atomic mass is 10.1. The van der Waals surface area contributed by atoms with Gasteiger partial charge in [-0.3, -0.25) is 14.9 Å². The number of furan rings is 1. The van der Waals surface area contributed by atoms with Crippen LogP contribution in [0.1, 0.15) is 5.76 Å². The van der Waals surface area contributed by atoms with Gasteiger partial charge in [0, 0.05) is 5.69 Å². The van der Waals surface area contributed by atoms with Crippen molar-refractivity contribution in [2.45, 2.75) is 0 Å². The molecule has 0 unspecified atom stereocenters. The lowest BCUT2D eigenvalue weighted by molar-refractivity contribution is -0.384. The van der Waals surface area contributed by atoms with E-state index in [1.165, 1.54) is 48.7 Å². The third kappa shape index (κ3) is 5.22. The Kier molecular flexibility index (Phi) is 5.93. The minimum atomic E-state index is -0.731. The third-order valence-corrected chi connectivity index (χ3v) is 3.73. The number of anilines is 1. The topological polar surface area (TPSA) is 110 Å². The number of nitro benzene ring substituents is 1. The van der Waals surface area contributed by atoms with Crippen LogP contribution in [-0.4, -0.2) is 23.6 Å². The fourth-order valence-corrected chi connectivity index (χ4v) is 2.39. The normalized spacial score (nSPS) is 10.8. The molecule has 1 amide bonds. The van der Waals surface area contributed by atoms with Crippen LogP contribution in [0, 0.1) is 21.7 Å². The van der Waals surface area contributed by atoms with Gasteiger partial charge in [0.05, 0.1) is 29.3 Å². The van der Waals surface area contributed by atoms with Gasteiger partial charge in [0.1, 0.15) is 23.2 Å². The lowest BCUT2D eigenvalue weighted by Crippen LogP contribution is -2.25. The Morgan fingerprint density at radius 1 is 1.10 bits per heavy atom. The fraction of sp³-hybridized carbons (Fsp3) is 0.0526. The number of halogens is 2. The van der Waals surface area contributed by atoms with Crippen molar-refractivity contribution in [3.05, 3.63) is 82.1 Å². The maximum atomic E-state index is 13.2. The smallest absolute Gasteiger partial charge is 0.283 e. The molecule has 0 spiro atoms. The molecule has 0 bridgehead atoms. The van der Waals surface area contributed by atoms with Crippen LogP contribution in [0.15, 0.2) is 64.1 Å². The first kappa shape index (κ1) is 19.7. The molecule has 1 heterocycles. The summed E-state index contributed by atoms with van der Waals surface area (Å²) in [4.78, 5) is 22.1. The Morgan fingerprint density at radius 2 is 1.83 bits per heavy atom. The van der Waals surface area contributed by atoms with Gasteiger partial charge in [0.15, 0.2) is 0 Å². The summed E-state index contributed by atoms with van der Waals surface area (Å²) in [5.41, 5.74) is 2.53. The summed E-state index contributed by atoms with van der Waals surface area (Å²) < 4.78 is 31.5. The van der Waals surface area contributed by atoms with E-state index in [2.05, 4.69) is 15.8 Å². The van der Waals surface area contributed by atoms with E-state index in [1.807, 2.05) is 0 Å². The van der Waals surface area contributed by atoms with E-state index in [0.717, 1.165) is 12.1 Å². The van der Waals surface area contributed by atoms with E-state index in [0.29, 0.717) is 5.69 Å². The molecule has 0 atom stereocenters. The second-order valence-corrected chi connectivity index (χ2v) is 5.77. The van der Waals surface area contributed by atoms with Gasteiger partial charge >= 0.3 is 0 Å². The van der Waals surface area contributed by atoms with Gasteiger partial charge in [-0.1, -0.05) is 0 Å². The molecular weight excluding hydrogens is 386 g/mol. The summed E-state index contributed by atoms with van der Waals surface area (Å²) in [7, 11) is 0. The van der Waals surface area contributed by atoms with Crippen LogP contribution in [0.3, 0.4) is 0 Å². The summed E-state index contributed by atoms with van der Waals surface area (Å²) in [6, 6.07) is 11.6. The largest absolute Gasteiger partial charge is 0.455 e. The molecule has 3 rings (SSSR count). The molecule has 0 aliphatic heterocycles. The number of carbonyl (C=O) groups excluding carboxylic acids is 1. The zero-order valence-corrected chi connectivity index (χ0v) is 14.8. The van der Waals surface area contributed by atoms with Crippen molar-refractivity contribution in [1.29, 1.82) is 0 Å². The average Bonchev–Trinajstić information content (AvgIpc) is 3.16. The summed E-state index contributed by atoms with van der Waals surface area (Å²) in [6.45, 7) is -0.0891. The molecule has 0 aliphatic carbocycles. The maximum Gasteiger partial charge on any atom is 0.283 e. The predicted octanol–water partition coefficient (Wildman–Crippen LogP) is 3.70. The van der Waals surface area contributed by atoms with Gasteiger partial charge in [-0.05, 0) is 48.5 Å². The Labute approximate surface area is 163 Å². The molecule has 8 nitrogen and oxygen atoms in total. The number of benzene rings is 2. The number of hydrogen-bond acceptors (Lipinski definition) is 6. The van der Waals surface area contributed by atoms with Gasteiger partial charge < -0.3 is 9.73 Å². The van der Waals surface area contributed by atoms with Crippen molar-refractivity contribution in [1.82, 2.24) is 5.43 Å². The van der Waals surface area contributed by atoms with E-state index in [4.69, 9.17) is 4.42 Å². The quantitative estimate of drug-likeness (QED) is 0.357. The van der Waals surface area contributed by atoms with Crippen molar-refractivity contribution in [2.24, 2.45) is 5.10 Å².